The van der Waals surface area contributed by atoms with Gasteiger partial charge in [0.2, 0.25) is 0 Å². The molecule has 0 bridgehead atoms. The number of phenolic OH excluding ortho intramolecular Hbond substituents is 1. The fourth-order valence-corrected chi connectivity index (χ4v) is 1.39. The Kier molecular flexibility index (Phi) is 5.45. The third-order valence-electron chi connectivity index (χ3n) is 2.18. The summed E-state index contributed by atoms with van der Waals surface area (Å²) in [6.45, 7) is 4.00. The minimum Gasteiger partial charge on any atom is -0.507 e. The van der Waals surface area contributed by atoms with Crippen molar-refractivity contribution in [3.8, 4) is 5.75 Å². The average Bonchev–Trinajstić information content (AvgIpc) is 2.42. The molecule has 0 aromatic heterocycles. The molecule has 94 valence electrons. The van der Waals surface area contributed by atoms with Crippen molar-refractivity contribution in [1.29, 1.82) is 0 Å². The van der Waals surface area contributed by atoms with Gasteiger partial charge in [0, 0.05) is 5.69 Å². The summed E-state index contributed by atoms with van der Waals surface area (Å²) >= 11 is 0. The van der Waals surface area contributed by atoms with Gasteiger partial charge in [-0.1, -0.05) is 44.2 Å². The Morgan fingerprint density at radius 3 is 2.11 bits per heavy atom. The van der Waals surface area contributed by atoms with E-state index in [2.05, 4.69) is 5.32 Å². The molecule has 1 amide bonds. The quantitative estimate of drug-likeness (QED) is 0.845. The first-order chi connectivity index (χ1) is 8.77. The lowest BCUT2D eigenvalue weighted by Gasteiger charge is -2.05. The van der Waals surface area contributed by atoms with E-state index in [0.29, 0.717) is 5.69 Å². The van der Waals surface area contributed by atoms with E-state index in [1.165, 1.54) is 6.07 Å². The second kappa shape index (κ2) is 7.12. The lowest BCUT2D eigenvalue weighted by Crippen LogP contribution is -2.11. The fraction of sp³-hybridized carbons (Fsp3) is 0.133. The average molecular weight is 243 g/mol. The summed E-state index contributed by atoms with van der Waals surface area (Å²) in [4.78, 5) is 11.8. The van der Waals surface area contributed by atoms with E-state index in [0.717, 1.165) is 0 Å². The SMILES string of the molecule is CC.O=C(Nc1ccccc1)c1ccccc1O. The summed E-state index contributed by atoms with van der Waals surface area (Å²) in [6, 6.07) is 15.6. The number of nitrogens with one attached hydrogen (secondary N) is 1. The Morgan fingerprint density at radius 2 is 1.50 bits per heavy atom. The number of para-hydroxylation sites is 2. The van der Waals surface area contributed by atoms with Crippen molar-refractivity contribution in [2.45, 2.75) is 13.8 Å². The molecular formula is C15H17NO2. The number of amides is 1. The highest BCUT2D eigenvalue weighted by Gasteiger charge is 2.09. The van der Waals surface area contributed by atoms with Crippen LogP contribution >= 0.6 is 0 Å². The molecule has 2 aromatic carbocycles. The molecule has 0 fully saturated rings. The van der Waals surface area contributed by atoms with Crippen molar-refractivity contribution in [2.75, 3.05) is 5.32 Å². The van der Waals surface area contributed by atoms with Gasteiger partial charge in [-0.05, 0) is 24.3 Å². The van der Waals surface area contributed by atoms with Crippen LogP contribution in [0.5, 0.6) is 5.75 Å². The molecule has 0 radical (unpaired) electrons. The summed E-state index contributed by atoms with van der Waals surface area (Å²) in [5.41, 5.74) is 0.974. The van der Waals surface area contributed by atoms with Crippen LogP contribution in [0.3, 0.4) is 0 Å². The fourth-order valence-electron chi connectivity index (χ4n) is 1.39. The van der Waals surface area contributed by atoms with E-state index in [1.807, 2.05) is 32.0 Å². The maximum absolute atomic E-state index is 11.8. The zero-order valence-electron chi connectivity index (χ0n) is 10.6. The molecule has 0 heterocycles. The van der Waals surface area contributed by atoms with Crippen LogP contribution in [0.25, 0.3) is 0 Å². The van der Waals surface area contributed by atoms with Crippen LogP contribution in [0.4, 0.5) is 5.69 Å². The van der Waals surface area contributed by atoms with Crippen molar-refractivity contribution in [2.24, 2.45) is 0 Å². The molecule has 2 aromatic rings. The van der Waals surface area contributed by atoms with E-state index < -0.39 is 0 Å². The molecular weight excluding hydrogens is 226 g/mol. The van der Waals surface area contributed by atoms with Crippen molar-refractivity contribution < 1.29 is 9.90 Å². The number of phenols is 1. The van der Waals surface area contributed by atoms with Crippen molar-refractivity contribution in [3.05, 3.63) is 60.2 Å². The molecule has 0 aliphatic heterocycles. The Balaban J connectivity index is 0.000000771. The monoisotopic (exact) mass is 243 g/mol. The van der Waals surface area contributed by atoms with Crippen LogP contribution in [0.15, 0.2) is 54.6 Å². The third-order valence-corrected chi connectivity index (χ3v) is 2.18. The summed E-state index contributed by atoms with van der Waals surface area (Å²) < 4.78 is 0. The normalized spacial score (nSPS) is 9.00. The molecule has 0 atom stereocenters. The zero-order chi connectivity index (χ0) is 13.4. The van der Waals surface area contributed by atoms with Crippen LogP contribution < -0.4 is 5.32 Å². The second-order valence-corrected chi connectivity index (χ2v) is 3.34. The molecule has 0 saturated heterocycles. The number of benzene rings is 2. The van der Waals surface area contributed by atoms with Crippen molar-refractivity contribution >= 4 is 11.6 Å². The number of hydrogen-bond acceptors (Lipinski definition) is 2. The Morgan fingerprint density at radius 1 is 0.944 bits per heavy atom. The van der Waals surface area contributed by atoms with Gasteiger partial charge in [0.15, 0.2) is 0 Å². The van der Waals surface area contributed by atoms with Crippen LogP contribution in [-0.4, -0.2) is 11.0 Å². The number of rotatable bonds is 2. The Bertz CT molecular complexity index is 495. The van der Waals surface area contributed by atoms with Crippen LogP contribution in [0.2, 0.25) is 0 Å². The molecule has 0 saturated carbocycles. The van der Waals surface area contributed by atoms with Gasteiger partial charge < -0.3 is 10.4 Å². The number of carbonyl (C=O) groups excluding carboxylic acids is 1. The molecule has 2 N–H and O–H groups in total. The number of aromatic hydroxyl groups is 1. The van der Waals surface area contributed by atoms with Gasteiger partial charge in [-0.3, -0.25) is 4.79 Å². The molecule has 3 nitrogen and oxygen atoms in total. The lowest BCUT2D eigenvalue weighted by molar-refractivity contribution is 0.102. The summed E-state index contributed by atoms with van der Waals surface area (Å²) in [5, 5.41) is 12.2. The molecule has 2 rings (SSSR count). The summed E-state index contributed by atoms with van der Waals surface area (Å²) in [7, 11) is 0. The summed E-state index contributed by atoms with van der Waals surface area (Å²) in [5.74, 6) is -0.333. The predicted octanol–water partition coefficient (Wildman–Crippen LogP) is 3.67. The van der Waals surface area contributed by atoms with Crippen LogP contribution in [0, 0.1) is 0 Å². The number of carbonyl (C=O) groups is 1. The smallest absolute Gasteiger partial charge is 0.259 e. The van der Waals surface area contributed by atoms with Crippen LogP contribution in [0.1, 0.15) is 24.2 Å². The molecule has 0 aliphatic carbocycles. The van der Waals surface area contributed by atoms with E-state index in [-0.39, 0.29) is 17.2 Å². The Hall–Kier alpha value is -2.29. The first-order valence-electron chi connectivity index (χ1n) is 5.92. The predicted molar refractivity (Wildman–Crippen MR) is 73.9 cm³/mol. The van der Waals surface area contributed by atoms with Gasteiger partial charge in [0.05, 0.1) is 5.56 Å². The topological polar surface area (TPSA) is 49.3 Å². The third kappa shape index (κ3) is 3.63. The van der Waals surface area contributed by atoms with Crippen LogP contribution in [-0.2, 0) is 0 Å². The standard InChI is InChI=1S/C13H11NO2.C2H6/c15-12-9-5-4-8-11(12)13(16)14-10-6-2-1-3-7-10;1-2/h1-9,15H,(H,14,16);1-2H3. The minimum atomic E-state index is -0.315. The van der Waals surface area contributed by atoms with Gasteiger partial charge in [-0.2, -0.15) is 0 Å². The van der Waals surface area contributed by atoms with Gasteiger partial charge in [0.1, 0.15) is 5.75 Å². The van der Waals surface area contributed by atoms with E-state index in [4.69, 9.17) is 0 Å². The second-order valence-electron chi connectivity index (χ2n) is 3.34. The Labute approximate surface area is 107 Å². The van der Waals surface area contributed by atoms with Crippen molar-refractivity contribution in [3.63, 3.8) is 0 Å². The zero-order valence-corrected chi connectivity index (χ0v) is 10.6. The maximum Gasteiger partial charge on any atom is 0.259 e. The number of anilines is 1. The van der Waals surface area contributed by atoms with E-state index in [9.17, 15) is 9.90 Å². The van der Waals surface area contributed by atoms with E-state index in [1.54, 1.807) is 30.3 Å². The first kappa shape index (κ1) is 13.8. The molecule has 0 unspecified atom stereocenters. The molecule has 18 heavy (non-hydrogen) atoms. The number of hydrogen-bond donors (Lipinski definition) is 2. The molecule has 0 aliphatic rings. The lowest BCUT2D eigenvalue weighted by atomic mass is 10.2. The van der Waals surface area contributed by atoms with E-state index >= 15 is 0 Å². The van der Waals surface area contributed by atoms with Gasteiger partial charge >= 0.3 is 0 Å². The summed E-state index contributed by atoms with van der Waals surface area (Å²) in [6.07, 6.45) is 0. The first-order valence-corrected chi connectivity index (χ1v) is 5.92. The maximum atomic E-state index is 11.8. The molecule has 3 heteroatoms. The minimum absolute atomic E-state index is 0.0177. The highest BCUT2D eigenvalue weighted by Crippen LogP contribution is 2.17. The van der Waals surface area contributed by atoms with Gasteiger partial charge in [-0.25, -0.2) is 0 Å². The highest BCUT2D eigenvalue weighted by atomic mass is 16.3. The van der Waals surface area contributed by atoms with Gasteiger partial charge in [0.25, 0.3) is 5.91 Å². The largest absolute Gasteiger partial charge is 0.507 e. The highest BCUT2D eigenvalue weighted by molar-refractivity contribution is 6.06. The van der Waals surface area contributed by atoms with Crippen molar-refractivity contribution in [1.82, 2.24) is 0 Å². The van der Waals surface area contributed by atoms with Gasteiger partial charge in [-0.15, -0.1) is 0 Å². The molecule has 0 spiro atoms.